The van der Waals surface area contributed by atoms with Crippen LogP contribution in [0, 0.1) is 111 Å². The van der Waals surface area contributed by atoms with E-state index in [9.17, 15) is 0 Å². The van der Waals surface area contributed by atoms with Crippen molar-refractivity contribution in [3.05, 3.63) is 502 Å². The first-order chi connectivity index (χ1) is 66.0. The van der Waals surface area contributed by atoms with Crippen LogP contribution in [0.5, 0.6) is 0 Å². The Morgan fingerprint density at radius 3 is 0.721 bits per heavy atom. The monoisotopic (exact) mass is 1750 g/mol. The van der Waals surface area contributed by atoms with Gasteiger partial charge in [-0.25, -0.2) is 0 Å². The number of aryl methyl sites for hydroxylation is 16. The van der Waals surface area contributed by atoms with Gasteiger partial charge in [-0.3, -0.25) is 0 Å². The van der Waals surface area contributed by atoms with Crippen molar-refractivity contribution in [2.45, 2.75) is 111 Å². The third-order valence-electron chi connectivity index (χ3n) is 27.8. The minimum atomic E-state index is 1.26. The van der Waals surface area contributed by atoms with Crippen LogP contribution in [0.4, 0.5) is 0 Å². The molecule has 660 valence electrons. The standard InChI is InChI=1S/C28H22.C22H16.C18H14.2C16H14.3C12H12/c1-19-13-15-23-24-16-14-20(2)18-26(24)28(22-11-7-4-8-12-22)27(25(23)17-19)21-9-5-3-6-10-21;1-13-9-11-19-18-8-4-6-16-14(2)10-12-20(22(16)18)17-7-3-5-15(13)21(17)19;1-11-7-13-3-5-15-9-12(2)10-16-6-4-14(8-11)17(13)18(15)16;1-11-3-7-15-13(9-11)5-6-14-10-12(2)4-8-16(14)15;1-11-13-7-3-5-9-15(13)12(2)16-10-6-4-8-14(11)16;1-9-3-5-12-8-10(2)4-6-11(12)7-9;1-9-3-5-11-7-10(2)8-12(11)6-4-9;1-9-7-8-10(2)12-6-4-3-5-11(9)12/h3-18H,1-2H3;3-12H,1-2H3;3-10H,1-2H3;2*3-10H,1-2H3;3*3-8H,1-2H3. The van der Waals surface area contributed by atoms with Gasteiger partial charge in [0, 0.05) is 0 Å². The van der Waals surface area contributed by atoms with Crippen molar-refractivity contribution < 1.29 is 0 Å². The Labute approximate surface area is 801 Å². The first-order valence-electron chi connectivity index (χ1n) is 48.0. The highest BCUT2D eigenvalue weighted by Crippen LogP contribution is 2.47. The number of fused-ring (bicyclic) bond motifs is 13. The fourth-order valence-corrected chi connectivity index (χ4v) is 20.9. The van der Waals surface area contributed by atoms with E-state index in [1.54, 1.807) is 0 Å². The molecule has 0 saturated heterocycles. The average Bonchev–Trinajstić information content (AvgIpc) is 0.812. The van der Waals surface area contributed by atoms with Crippen LogP contribution < -0.4 is 0 Å². The van der Waals surface area contributed by atoms with Crippen LogP contribution in [-0.4, -0.2) is 0 Å². The number of hydrogen-bond acceptors (Lipinski definition) is 0. The van der Waals surface area contributed by atoms with Gasteiger partial charge in [0.25, 0.3) is 0 Å². The van der Waals surface area contributed by atoms with Crippen molar-refractivity contribution in [1.82, 2.24) is 0 Å². The van der Waals surface area contributed by atoms with Gasteiger partial charge in [-0.15, -0.1) is 0 Å². The molecule has 0 nitrogen and oxygen atoms in total. The first-order valence-corrected chi connectivity index (χ1v) is 48.0. The Bertz CT molecular complexity index is 8290. The van der Waals surface area contributed by atoms with Crippen LogP contribution in [0.1, 0.15) is 89.0 Å². The number of rotatable bonds is 2. The summed E-state index contributed by atoms with van der Waals surface area (Å²) in [6.07, 6.45) is 0. The molecular weight excluding hydrogens is 1630 g/mol. The van der Waals surface area contributed by atoms with Crippen molar-refractivity contribution in [1.29, 1.82) is 0 Å². The lowest BCUT2D eigenvalue weighted by molar-refractivity contribution is 1.46. The van der Waals surface area contributed by atoms with E-state index in [1.165, 1.54) is 284 Å². The highest BCUT2D eigenvalue weighted by atomic mass is 14.2. The van der Waals surface area contributed by atoms with Gasteiger partial charge >= 0.3 is 0 Å². The van der Waals surface area contributed by atoms with E-state index in [0.29, 0.717) is 0 Å². The highest BCUT2D eigenvalue weighted by Gasteiger charge is 2.20. The predicted molar refractivity (Wildman–Crippen MR) is 600 cm³/mol. The summed E-state index contributed by atoms with van der Waals surface area (Å²) >= 11 is 0. The number of benzene rings is 24. The van der Waals surface area contributed by atoms with Gasteiger partial charge in [0.2, 0.25) is 0 Å². The molecule has 0 heterocycles. The van der Waals surface area contributed by atoms with Gasteiger partial charge in [-0.05, 0) is 356 Å². The molecule has 24 aromatic rings. The lowest BCUT2D eigenvalue weighted by atomic mass is 9.84. The summed E-state index contributed by atoms with van der Waals surface area (Å²) in [6, 6.07) is 150. The molecule has 26 rings (SSSR count). The van der Waals surface area contributed by atoms with E-state index >= 15 is 0 Å². The molecule has 0 heteroatoms. The second-order valence-corrected chi connectivity index (χ2v) is 38.0. The molecule has 24 aromatic carbocycles. The first kappa shape index (κ1) is 89.6. The van der Waals surface area contributed by atoms with Crippen molar-refractivity contribution >= 4 is 162 Å². The molecule has 0 aromatic heterocycles. The van der Waals surface area contributed by atoms with E-state index in [4.69, 9.17) is 0 Å². The Balaban J connectivity index is 0.000000101. The minimum absolute atomic E-state index is 1.26. The Morgan fingerprint density at radius 2 is 0.353 bits per heavy atom. The summed E-state index contributed by atoms with van der Waals surface area (Å²) in [5, 5.41) is 40.9. The van der Waals surface area contributed by atoms with Gasteiger partial charge in [0.1, 0.15) is 0 Å². The maximum Gasteiger partial charge on any atom is -0.00203 e. The van der Waals surface area contributed by atoms with Crippen LogP contribution in [0.15, 0.2) is 413 Å². The summed E-state index contributed by atoms with van der Waals surface area (Å²) in [4.78, 5) is 0. The van der Waals surface area contributed by atoms with Crippen LogP contribution in [0.3, 0.4) is 0 Å². The Kier molecular flexibility index (Phi) is 25.4. The lowest BCUT2D eigenvalue weighted by Gasteiger charge is -2.19. The normalized spacial score (nSPS) is 11.2. The molecule has 0 radical (unpaired) electrons. The molecule has 0 unspecified atom stereocenters. The Morgan fingerprint density at radius 1 is 0.110 bits per heavy atom. The van der Waals surface area contributed by atoms with Gasteiger partial charge < -0.3 is 0 Å². The molecule has 0 atom stereocenters. The minimum Gasteiger partial charge on any atom is -0.0622 e. The summed E-state index contributed by atoms with van der Waals surface area (Å²) < 4.78 is 0. The number of hydrogen-bond donors (Lipinski definition) is 0. The fourth-order valence-electron chi connectivity index (χ4n) is 20.9. The average molecular weight is 1750 g/mol. The fraction of sp³-hybridized carbons (Fsp3) is 0.118. The highest BCUT2D eigenvalue weighted by molar-refractivity contribution is 6.34. The van der Waals surface area contributed by atoms with Crippen LogP contribution in [-0.2, 0) is 0 Å². The summed E-state index contributed by atoms with van der Waals surface area (Å²) in [5.41, 5.74) is 29.2. The summed E-state index contributed by atoms with van der Waals surface area (Å²) in [5.74, 6) is 0. The molecule has 0 saturated carbocycles. The maximum atomic E-state index is 2.34. The van der Waals surface area contributed by atoms with E-state index in [0.717, 1.165) is 0 Å². The zero-order valence-electron chi connectivity index (χ0n) is 81.3. The van der Waals surface area contributed by atoms with Crippen LogP contribution >= 0.6 is 0 Å². The summed E-state index contributed by atoms with van der Waals surface area (Å²) in [6.45, 7) is 34.6. The molecule has 0 N–H and O–H groups in total. The molecule has 0 fully saturated rings. The molecule has 136 heavy (non-hydrogen) atoms. The quantitative estimate of drug-likeness (QED) is 0.120. The van der Waals surface area contributed by atoms with E-state index in [2.05, 4.69) is 523 Å². The van der Waals surface area contributed by atoms with Crippen molar-refractivity contribution in [3.8, 4) is 33.4 Å². The molecule has 0 aliphatic heterocycles. The summed E-state index contributed by atoms with van der Waals surface area (Å²) in [7, 11) is 0. The molecule has 0 spiro atoms. The van der Waals surface area contributed by atoms with E-state index < -0.39 is 0 Å². The van der Waals surface area contributed by atoms with Crippen molar-refractivity contribution in [2.75, 3.05) is 0 Å². The van der Waals surface area contributed by atoms with E-state index in [1.807, 2.05) is 0 Å². The largest absolute Gasteiger partial charge is 0.0622 e. The third kappa shape index (κ3) is 18.2. The molecular formula is C136H116. The molecule has 0 bridgehead atoms. The smallest absolute Gasteiger partial charge is 0.00203 e. The predicted octanol–water partition coefficient (Wildman–Crippen LogP) is 39.0. The van der Waals surface area contributed by atoms with Crippen molar-refractivity contribution in [3.63, 3.8) is 0 Å². The lowest BCUT2D eigenvalue weighted by Crippen LogP contribution is -1.92. The third-order valence-corrected chi connectivity index (χ3v) is 27.8. The van der Waals surface area contributed by atoms with Crippen molar-refractivity contribution in [2.24, 2.45) is 0 Å². The SMILES string of the molecule is Cc1c2ccccc2c(C)c2ccccc12.Cc1cc2ccc3cc(C)cc4ccc(c1)c2c34.Cc1ccc(C)c2ccccc12.Cc1ccc2c(c1)c(-c1ccccc1)c(-c1ccccc1)c1cc(C)ccc12.Cc1ccc2c(ccc3cc(C)ccc32)c1.Cc1ccc2c3cccc4c(C)ccc(c5cccc1c52)c43.Cc1ccc2cc(C)cc-2cc1.Cc1ccc2cc(C)ccc2c1. The maximum absolute atomic E-state index is 2.34. The van der Waals surface area contributed by atoms with Crippen LogP contribution in [0.2, 0.25) is 0 Å². The Hall–Kier alpha value is -15.6. The van der Waals surface area contributed by atoms with Gasteiger partial charge in [0.15, 0.2) is 0 Å². The van der Waals surface area contributed by atoms with Gasteiger partial charge in [-0.1, -0.05) is 451 Å². The van der Waals surface area contributed by atoms with Crippen LogP contribution in [0.25, 0.3) is 195 Å². The molecule has 2 aliphatic rings. The van der Waals surface area contributed by atoms with E-state index in [-0.39, 0.29) is 0 Å². The topological polar surface area (TPSA) is 0 Å². The van der Waals surface area contributed by atoms with Gasteiger partial charge in [0.05, 0.1) is 0 Å². The molecule has 2 aliphatic carbocycles. The second kappa shape index (κ2) is 38.5. The zero-order chi connectivity index (χ0) is 94.1. The van der Waals surface area contributed by atoms with Gasteiger partial charge in [-0.2, -0.15) is 0 Å². The second-order valence-electron chi connectivity index (χ2n) is 38.0. The molecule has 0 amide bonds. The zero-order valence-corrected chi connectivity index (χ0v) is 81.3.